The summed E-state index contributed by atoms with van der Waals surface area (Å²) in [6.07, 6.45) is 0. The third-order valence-corrected chi connectivity index (χ3v) is 5.17. The van der Waals surface area contributed by atoms with Crippen LogP contribution in [0.5, 0.6) is 5.75 Å². The first-order valence-corrected chi connectivity index (χ1v) is 9.65. The predicted molar refractivity (Wildman–Crippen MR) is 113 cm³/mol. The summed E-state index contributed by atoms with van der Waals surface area (Å²) in [4.78, 5) is 5.90. The molecular formula is C21H24N4OS. The molecule has 2 N–H and O–H groups in total. The number of aliphatic imine (C=N–C) groups is 1. The van der Waals surface area contributed by atoms with E-state index in [0.29, 0.717) is 18.1 Å². The van der Waals surface area contributed by atoms with Crippen LogP contribution in [0.25, 0.3) is 0 Å². The van der Waals surface area contributed by atoms with Gasteiger partial charge in [0.25, 0.3) is 0 Å². The van der Waals surface area contributed by atoms with Gasteiger partial charge >= 0.3 is 0 Å². The molecule has 0 aliphatic heterocycles. The number of aryl methyl sites for hydroxylation is 2. The maximum absolute atomic E-state index is 8.27. The Morgan fingerprint density at radius 1 is 1.15 bits per heavy atom. The monoisotopic (exact) mass is 380 g/mol. The van der Waals surface area contributed by atoms with E-state index in [0.717, 1.165) is 27.6 Å². The topological polar surface area (TPSA) is 62.4 Å². The number of ether oxygens (including phenoxy) is 1. The molecule has 1 aromatic heterocycles. The van der Waals surface area contributed by atoms with Crippen LogP contribution in [-0.2, 0) is 0 Å². The van der Waals surface area contributed by atoms with Crippen molar-refractivity contribution in [3.8, 4) is 5.75 Å². The Bertz CT molecular complexity index is 1020. The molecule has 0 saturated carbocycles. The van der Waals surface area contributed by atoms with E-state index >= 15 is 0 Å². The largest absolute Gasteiger partial charge is 0.494 e. The summed E-state index contributed by atoms with van der Waals surface area (Å²) in [5.41, 5.74) is 4.50. The molecule has 2 aromatic carbocycles. The van der Waals surface area contributed by atoms with E-state index < -0.39 is 0 Å². The van der Waals surface area contributed by atoms with Crippen LogP contribution in [0.4, 0.5) is 11.4 Å². The quantitative estimate of drug-likeness (QED) is 0.494. The molecule has 27 heavy (non-hydrogen) atoms. The summed E-state index contributed by atoms with van der Waals surface area (Å²) >= 11 is 1.49. The Labute approximate surface area is 163 Å². The van der Waals surface area contributed by atoms with Gasteiger partial charge in [0.2, 0.25) is 5.96 Å². The smallest absolute Gasteiger partial charge is 0.223 e. The highest BCUT2D eigenvalue weighted by molar-refractivity contribution is 7.07. The highest BCUT2D eigenvalue weighted by Gasteiger charge is 2.10. The summed E-state index contributed by atoms with van der Waals surface area (Å²) in [6.45, 7) is 8.73. The molecule has 0 aliphatic rings. The van der Waals surface area contributed by atoms with Crippen molar-refractivity contribution in [3.63, 3.8) is 0 Å². The van der Waals surface area contributed by atoms with Gasteiger partial charge in [-0.25, -0.2) is 8.95 Å². The fourth-order valence-corrected chi connectivity index (χ4v) is 3.43. The average molecular weight is 381 g/mol. The highest BCUT2D eigenvalue weighted by atomic mass is 32.1. The molecule has 0 bridgehead atoms. The van der Waals surface area contributed by atoms with Crippen molar-refractivity contribution in [2.24, 2.45) is 4.99 Å². The SMILES string of the molecule is CCOc1ccc(NC(=Nc2cccc(C)c2C)n2sc(C)cc2=N)cc1. The zero-order valence-electron chi connectivity index (χ0n) is 16.0. The van der Waals surface area contributed by atoms with Crippen molar-refractivity contribution in [1.29, 1.82) is 5.41 Å². The number of anilines is 1. The fraction of sp³-hybridized carbons (Fsp3) is 0.238. The van der Waals surface area contributed by atoms with Gasteiger partial charge in [-0.3, -0.25) is 5.41 Å². The number of hydrogen-bond acceptors (Lipinski definition) is 4. The van der Waals surface area contributed by atoms with Crippen LogP contribution in [0.3, 0.4) is 0 Å². The van der Waals surface area contributed by atoms with Gasteiger partial charge in [0, 0.05) is 10.6 Å². The zero-order chi connectivity index (χ0) is 19.4. The van der Waals surface area contributed by atoms with Gasteiger partial charge < -0.3 is 10.1 Å². The molecule has 0 saturated heterocycles. The minimum Gasteiger partial charge on any atom is -0.494 e. The second kappa shape index (κ2) is 8.22. The Balaban J connectivity index is 2.02. The summed E-state index contributed by atoms with van der Waals surface area (Å²) in [7, 11) is 0. The Kier molecular flexibility index (Phi) is 5.76. The first-order valence-electron chi connectivity index (χ1n) is 8.87. The second-order valence-corrected chi connectivity index (χ2v) is 7.45. The molecule has 3 rings (SSSR count). The first-order chi connectivity index (χ1) is 13.0. The van der Waals surface area contributed by atoms with E-state index in [1.807, 2.05) is 56.3 Å². The van der Waals surface area contributed by atoms with Crippen molar-refractivity contribution < 1.29 is 4.74 Å². The van der Waals surface area contributed by atoms with Gasteiger partial charge in [-0.1, -0.05) is 23.7 Å². The maximum Gasteiger partial charge on any atom is 0.223 e. The third-order valence-electron chi connectivity index (χ3n) is 4.21. The maximum atomic E-state index is 8.27. The first kappa shape index (κ1) is 18.9. The third kappa shape index (κ3) is 4.46. The molecule has 3 aromatic rings. The molecule has 140 valence electrons. The van der Waals surface area contributed by atoms with Crippen LogP contribution in [0.2, 0.25) is 0 Å². The van der Waals surface area contributed by atoms with Crippen molar-refractivity contribution in [2.45, 2.75) is 27.7 Å². The Morgan fingerprint density at radius 3 is 2.52 bits per heavy atom. The summed E-state index contributed by atoms with van der Waals surface area (Å²) in [6, 6.07) is 15.7. The van der Waals surface area contributed by atoms with E-state index in [-0.39, 0.29) is 0 Å². The van der Waals surface area contributed by atoms with Gasteiger partial charge in [0.1, 0.15) is 11.2 Å². The van der Waals surface area contributed by atoms with Gasteiger partial charge in [-0.15, -0.1) is 0 Å². The second-order valence-electron chi connectivity index (χ2n) is 6.26. The summed E-state index contributed by atoms with van der Waals surface area (Å²) in [5, 5.41) is 11.6. The lowest BCUT2D eigenvalue weighted by Gasteiger charge is -2.12. The van der Waals surface area contributed by atoms with Gasteiger partial charge in [-0.2, -0.15) is 0 Å². The number of hydrogen-bond donors (Lipinski definition) is 2. The molecule has 0 aliphatic carbocycles. The molecular weight excluding hydrogens is 356 g/mol. The van der Waals surface area contributed by atoms with Crippen LogP contribution in [-0.4, -0.2) is 16.5 Å². The number of nitrogens with zero attached hydrogens (tertiary/aromatic N) is 2. The predicted octanol–water partition coefficient (Wildman–Crippen LogP) is 5.00. The molecule has 0 fully saturated rings. The fourth-order valence-electron chi connectivity index (χ4n) is 2.65. The van der Waals surface area contributed by atoms with Crippen molar-refractivity contribution in [1.82, 2.24) is 3.96 Å². The Hall–Kier alpha value is -2.86. The van der Waals surface area contributed by atoms with Gasteiger partial charge in [0.15, 0.2) is 0 Å². The van der Waals surface area contributed by atoms with E-state index in [1.54, 1.807) is 3.96 Å². The number of nitrogens with one attached hydrogen (secondary N) is 2. The average Bonchev–Trinajstić information content (AvgIpc) is 2.98. The van der Waals surface area contributed by atoms with E-state index in [9.17, 15) is 0 Å². The summed E-state index contributed by atoms with van der Waals surface area (Å²) in [5.74, 6) is 1.44. The minimum absolute atomic E-state index is 0.403. The molecule has 1 heterocycles. The molecule has 0 unspecified atom stereocenters. The number of benzene rings is 2. The van der Waals surface area contributed by atoms with E-state index in [1.165, 1.54) is 17.1 Å². The van der Waals surface area contributed by atoms with Crippen LogP contribution in [0, 0.1) is 26.2 Å². The summed E-state index contributed by atoms with van der Waals surface area (Å²) < 4.78 is 7.31. The van der Waals surface area contributed by atoms with Crippen molar-refractivity contribution in [3.05, 3.63) is 70.0 Å². The van der Waals surface area contributed by atoms with E-state index in [4.69, 9.17) is 15.1 Å². The molecule has 0 radical (unpaired) electrons. The highest BCUT2D eigenvalue weighted by Crippen LogP contribution is 2.23. The van der Waals surface area contributed by atoms with Crippen molar-refractivity contribution >= 4 is 28.9 Å². The number of aromatic nitrogens is 1. The van der Waals surface area contributed by atoms with Crippen molar-refractivity contribution in [2.75, 3.05) is 11.9 Å². The lowest BCUT2D eigenvalue weighted by atomic mass is 10.1. The van der Waals surface area contributed by atoms with Crippen LogP contribution in [0.1, 0.15) is 22.9 Å². The molecule has 0 atom stereocenters. The van der Waals surface area contributed by atoms with Crippen LogP contribution < -0.4 is 15.5 Å². The van der Waals surface area contributed by atoms with Crippen LogP contribution >= 0.6 is 11.5 Å². The minimum atomic E-state index is 0.403. The molecule has 6 heteroatoms. The molecule has 0 amide bonds. The normalized spacial score (nSPS) is 11.5. The molecule has 0 spiro atoms. The van der Waals surface area contributed by atoms with Gasteiger partial charge in [-0.05, 0) is 75.2 Å². The number of rotatable bonds is 4. The zero-order valence-corrected chi connectivity index (χ0v) is 16.9. The standard InChI is InChI=1S/C21H24N4OS/c1-5-26-18-11-9-17(10-12-18)23-21(25-20(22)13-15(3)27-25)24-19-8-6-7-14(2)16(19)4/h6-13,22H,5H2,1-4H3,(H,23,24). The van der Waals surface area contributed by atoms with E-state index in [2.05, 4.69) is 25.2 Å². The van der Waals surface area contributed by atoms with Gasteiger partial charge in [0.05, 0.1) is 12.3 Å². The Morgan fingerprint density at radius 2 is 1.89 bits per heavy atom. The molecule has 5 nitrogen and oxygen atoms in total. The van der Waals surface area contributed by atoms with Crippen LogP contribution in [0.15, 0.2) is 53.5 Å². The lowest BCUT2D eigenvalue weighted by molar-refractivity contribution is 0.340. The lowest BCUT2D eigenvalue weighted by Crippen LogP contribution is -2.28.